The second-order valence-electron chi connectivity index (χ2n) is 6.38. The number of urea groups is 1. The van der Waals surface area contributed by atoms with Crippen molar-refractivity contribution >= 4 is 11.7 Å². The molecule has 1 fully saturated rings. The van der Waals surface area contributed by atoms with E-state index < -0.39 is 6.36 Å². The van der Waals surface area contributed by atoms with Gasteiger partial charge in [0.1, 0.15) is 5.75 Å². The topological polar surface area (TPSA) is 53.6 Å². The van der Waals surface area contributed by atoms with Crippen LogP contribution in [-0.4, -0.2) is 36.4 Å². The molecule has 3 rings (SSSR count). The highest BCUT2D eigenvalue weighted by Gasteiger charge is 2.31. The van der Waals surface area contributed by atoms with E-state index in [4.69, 9.17) is 0 Å². The van der Waals surface area contributed by atoms with Crippen molar-refractivity contribution in [3.63, 3.8) is 0 Å². The Morgan fingerprint density at radius 1 is 1.11 bits per heavy atom. The van der Waals surface area contributed by atoms with Crippen LogP contribution in [0.2, 0.25) is 0 Å². The molecule has 1 aliphatic rings. The molecule has 0 saturated carbocycles. The van der Waals surface area contributed by atoms with Gasteiger partial charge in [0, 0.05) is 31.4 Å². The van der Waals surface area contributed by atoms with Crippen molar-refractivity contribution < 1.29 is 22.7 Å². The minimum Gasteiger partial charge on any atom is -0.406 e. The Bertz CT molecular complexity index is 751. The number of carbonyl (C=O) groups is 1. The fourth-order valence-electron chi connectivity index (χ4n) is 3.03. The average molecular weight is 379 g/mol. The minimum absolute atomic E-state index is 0.0292. The Morgan fingerprint density at radius 3 is 2.48 bits per heavy atom. The molecular formula is C19H20F3N3O2. The molecule has 2 N–H and O–H groups in total. The summed E-state index contributed by atoms with van der Waals surface area (Å²) < 4.78 is 40.2. The number of rotatable bonds is 5. The number of hydrogen-bond acceptors (Lipinski definition) is 3. The van der Waals surface area contributed by atoms with Gasteiger partial charge in [0.2, 0.25) is 0 Å². The standard InChI is InChI=1S/C19H20F3N3O2/c20-19(21,22)27-17-8-6-15(7-9-17)23-18(26)24-16-10-11-25(13-16)12-14-4-2-1-3-5-14/h1-9,16H,10-13H2,(H2,23,24,26). The first-order chi connectivity index (χ1) is 12.9. The van der Waals surface area contributed by atoms with Gasteiger partial charge < -0.3 is 15.4 Å². The number of anilines is 1. The van der Waals surface area contributed by atoms with Gasteiger partial charge in [-0.15, -0.1) is 13.2 Å². The van der Waals surface area contributed by atoms with E-state index in [0.29, 0.717) is 5.69 Å². The van der Waals surface area contributed by atoms with Gasteiger partial charge >= 0.3 is 12.4 Å². The molecule has 2 aromatic carbocycles. The molecule has 0 spiro atoms. The molecule has 2 amide bonds. The summed E-state index contributed by atoms with van der Waals surface area (Å²) in [4.78, 5) is 14.4. The number of alkyl halides is 3. The number of nitrogens with one attached hydrogen (secondary N) is 2. The summed E-state index contributed by atoms with van der Waals surface area (Å²) in [6.45, 7) is 2.48. The number of amides is 2. The predicted molar refractivity (Wildman–Crippen MR) is 95.4 cm³/mol. The summed E-state index contributed by atoms with van der Waals surface area (Å²) in [5.41, 5.74) is 1.62. The Morgan fingerprint density at radius 2 is 1.81 bits per heavy atom. The minimum atomic E-state index is -4.74. The van der Waals surface area contributed by atoms with Crippen LogP contribution in [0, 0.1) is 0 Å². The van der Waals surface area contributed by atoms with Gasteiger partial charge in [0.15, 0.2) is 0 Å². The first-order valence-corrected chi connectivity index (χ1v) is 8.57. The zero-order chi connectivity index (χ0) is 19.3. The van der Waals surface area contributed by atoms with Gasteiger partial charge in [-0.25, -0.2) is 4.79 Å². The molecule has 144 valence electrons. The van der Waals surface area contributed by atoms with Crippen molar-refractivity contribution in [2.24, 2.45) is 0 Å². The average Bonchev–Trinajstić information content (AvgIpc) is 3.03. The lowest BCUT2D eigenvalue weighted by molar-refractivity contribution is -0.274. The van der Waals surface area contributed by atoms with Crippen LogP contribution < -0.4 is 15.4 Å². The molecule has 5 nitrogen and oxygen atoms in total. The summed E-state index contributed by atoms with van der Waals surface area (Å²) in [5.74, 6) is -0.333. The molecule has 0 bridgehead atoms. The molecule has 1 atom stereocenters. The summed E-state index contributed by atoms with van der Waals surface area (Å²) in [6.07, 6.45) is -3.89. The number of hydrogen-bond donors (Lipinski definition) is 2. The number of benzene rings is 2. The number of likely N-dealkylation sites (tertiary alicyclic amines) is 1. The molecule has 8 heteroatoms. The summed E-state index contributed by atoms with van der Waals surface area (Å²) in [5, 5.41) is 5.51. The second kappa shape index (κ2) is 8.30. The predicted octanol–water partition coefficient (Wildman–Crippen LogP) is 3.98. The second-order valence-corrected chi connectivity index (χ2v) is 6.38. The van der Waals surface area contributed by atoms with Gasteiger partial charge in [0.05, 0.1) is 0 Å². The van der Waals surface area contributed by atoms with E-state index in [0.717, 1.165) is 38.2 Å². The zero-order valence-electron chi connectivity index (χ0n) is 14.5. The highest BCUT2D eigenvalue weighted by molar-refractivity contribution is 5.89. The molecule has 0 aliphatic carbocycles. The maximum atomic E-state index is 12.1. The maximum Gasteiger partial charge on any atom is 0.573 e. The third-order valence-corrected chi connectivity index (χ3v) is 4.20. The molecular weight excluding hydrogens is 359 g/mol. The van der Waals surface area contributed by atoms with Crippen LogP contribution in [0.1, 0.15) is 12.0 Å². The molecule has 1 heterocycles. The molecule has 0 radical (unpaired) electrons. The molecule has 1 saturated heterocycles. The summed E-state index contributed by atoms with van der Waals surface area (Å²) >= 11 is 0. The summed E-state index contributed by atoms with van der Waals surface area (Å²) in [6, 6.07) is 14.8. The molecule has 27 heavy (non-hydrogen) atoms. The first-order valence-electron chi connectivity index (χ1n) is 8.57. The van der Waals surface area contributed by atoms with E-state index >= 15 is 0 Å². The van der Waals surface area contributed by atoms with Crippen LogP contribution in [0.4, 0.5) is 23.7 Å². The van der Waals surface area contributed by atoms with E-state index in [-0.39, 0.29) is 17.8 Å². The van der Waals surface area contributed by atoms with Crippen molar-refractivity contribution in [3.8, 4) is 5.75 Å². The van der Waals surface area contributed by atoms with Crippen molar-refractivity contribution in [1.29, 1.82) is 0 Å². The Hall–Kier alpha value is -2.74. The molecule has 1 aliphatic heterocycles. The lowest BCUT2D eigenvalue weighted by atomic mass is 10.2. The monoisotopic (exact) mass is 379 g/mol. The quantitative estimate of drug-likeness (QED) is 0.826. The fraction of sp³-hybridized carbons (Fsp3) is 0.316. The van der Waals surface area contributed by atoms with Crippen LogP contribution in [0.15, 0.2) is 54.6 Å². The van der Waals surface area contributed by atoms with Crippen molar-refractivity contribution in [2.75, 3.05) is 18.4 Å². The Balaban J connectivity index is 1.44. The highest BCUT2D eigenvalue weighted by atomic mass is 19.4. The lowest BCUT2D eigenvalue weighted by Gasteiger charge is -2.17. The molecule has 0 aromatic heterocycles. The van der Waals surface area contributed by atoms with Crippen LogP contribution in [-0.2, 0) is 6.54 Å². The van der Waals surface area contributed by atoms with Gasteiger partial charge in [0.25, 0.3) is 0 Å². The number of halogens is 3. The van der Waals surface area contributed by atoms with Gasteiger partial charge in [-0.1, -0.05) is 30.3 Å². The molecule has 2 aromatic rings. The maximum absolute atomic E-state index is 12.1. The van der Waals surface area contributed by atoms with Crippen LogP contribution in [0.5, 0.6) is 5.75 Å². The number of ether oxygens (including phenoxy) is 1. The van der Waals surface area contributed by atoms with Crippen molar-refractivity contribution in [1.82, 2.24) is 10.2 Å². The SMILES string of the molecule is O=C(Nc1ccc(OC(F)(F)F)cc1)NC1CCN(Cc2ccccc2)C1. The Labute approximate surface area is 155 Å². The van der Waals surface area contributed by atoms with Crippen molar-refractivity contribution in [3.05, 3.63) is 60.2 Å². The smallest absolute Gasteiger partial charge is 0.406 e. The number of nitrogens with zero attached hydrogens (tertiary/aromatic N) is 1. The largest absolute Gasteiger partial charge is 0.573 e. The molecule has 1 unspecified atom stereocenters. The summed E-state index contributed by atoms with van der Waals surface area (Å²) in [7, 11) is 0. The van der Waals surface area contributed by atoms with Gasteiger partial charge in [-0.2, -0.15) is 0 Å². The first kappa shape index (κ1) is 19.0. The van der Waals surface area contributed by atoms with Crippen LogP contribution >= 0.6 is 0 Å². The lowest BCUT2D eigenvalue weighted by Crippen LogP contribution is -2.39. The highest BCUT2D eigenvalue weighted by Crippen LogP contribution is 2.24. The zero-order valence-corrected chi connectivity index (χ0v) is 14.5. The fourth-order valence-corrected chi connectivity index (χ4v) is 3.03. The van der Waals surface area contributed by atoms with Crippen molar-refractivity contribution in [2.45, 2.75) is 25.4 Å². The van der Waals surface area contributed by atoms with Gasteiger partial charge in [-0.05, 0) is 36.2 Å². The van der Waals surface area contributed by atoms with Crippen LogP contribution in [0.3, 0.4) is 0 Å². The van der Waals surface area contributed by atoms with E-state index in [9.17, 15) is 18.0 Å². The van der Waals surface area contributed by atoms with Crippen LogP contribution in [0.25, 0.3) is 0 Å². The third kappa shape index (κ3) is 6.18. The normalized spacial score (nSPS) is 17.5. The van der Waals surface area contributed by atoms with E-state index in [1.807, 2.05) is 18.2 Å². The Kier molecular flexibility index (Phi) is 5.85. The third-order valence-electron chi connectivity index (χ3n) is 4.20. The van der Waals surface area contributed by atoms with Gasteiger partial charge in [-0.3, -0.25) is 4.90 Å². The van der Waals surface area contributed by atoms with E-state index in [1.165, 1.54) is 17.7 Å². The van der Waals surface area contributed by atoms with E-state index in [1.54, 1.807) is 0 Å². The van der Waals surface area contributed by atoms with E-state index in [2.05, 4.69) is 32.4 Å². The number of carbonyl (C=O) groups excluding carboxylic acids is 1.